The summed E-state index contributed by atoms with van der Waals surface area (Å²) >= 11 is 1.40. The van der Waals surface area contributed by atoms with Crippen molar-refractivity contribution in [1.82, 2.24) is 25.1 Å². The standard InChI is InChI=1S/C31H31FN6O5S/c1-42-28(39)9-11-37-12-14-38(15-13-37)30(40)19-2-6-23(34-18-19)27-17-24-29(44-27)26(8-10-33-24)43-25-7-5-21(16-22(25)32)36-31(41)35-20-3-4-20/h2,5-8,10,16-18,20H,3-4,9,11-15H2,1H3,(H2,35,36,41). The molecule has 4 heterocycles. The molecule has 3 aromatic heterocycles. The van der Waals surface area contributed by atoms with Gasteiger partial charge in [-0.25, -0.2) is 9.18 Å². The number of carbonyl (C=O) groups is 3. The largest absolute Gasteiger partial charge is 0.469 e. The molecule has 3 amide bonds. The van der Waals surface area contributed by atoms with Gasteiger partial charge in [-0.05, 0) is 43.2 Å². The van der Waals surface area contributed by atoms with Crippen molar-refractivity contribution < 1.29 is 28.2 Å². The van der Waals surface area contributed by atoms with Gasteiger partial charge in [-0.1, -0.05) is 0 Å². The summed E-state index contributed by atoms with van der Waals surface area (Å²) < 4.78 is 26.3. The molecule has 1 aliphatic heterocycles. The van der Waals surface area contributed by atoms with E-state index in [0.29, 0.717) is 67.4 Å². The Balaban J connectivity index is 1.10. The van der Waals surface area contributed by atoms with Crippen LogP contribution in [0.25, 0.3) is 20.8 Å². The zero-order valence-corrected chi connectivity index (χ0v) is 24.9. The number of thiophene rings is 1. The zero-order valence-electron chi connectivity index (χ0n) is 24.0. The van der Waals surface area contributed by atoms with Crippen LogP contribution in [0.15, 0.2) is 54.9 Å². The van der Waals surface area contributed by atoms with E-state index in [9.17, 15) is 18.8 Å². The maximum Gasteiger partial charge on any atom is 0.319 e. The molecular weight excluding hydrogens is 587 g/mol. The Morgan fingerprint density at radius 2 is 1.84 bits per heavy atom. The SMILES string of the molecule is COC(=O)CCN1CCN(C(=O)c2ccc(-c3cc4nccc(Oc5ccc(NC(=O)NC6CC6)cc5F)c4s3)nc2)CC1. The Kier molecular flexibility index (Phi) is 8.66. The van der Waals surface area contributed by atoms with Crippen LogP contribution in [0.4, 0.5) is 14.9 Å². The predicted octanol–water partition coefficient (Wildman–Crippen LogP) is 4.89. The molecule has 2 aliphatic rings. The van der Waals surface area contributed by atoms with E-state index >= 15 is 0 Å². The third-order valence-electron chi connectivity index (χ3n) is 7.48. The summed E-state index contributed by atoms with van der Waals surface area (Å²) in [5.74, 6) is -0.477. The minimum atomic E-state index is -0.611. The molecule has 0 radical (unpaired) electrons. The van der Waals surface area contributed by atoms with Gasteiger partial charge < -0.3 is 25.0 Å². The van der Waals surface area contributed by atoms with Gasteiger partial charge in [-0.3, -0.25) is 24.5 Å². The normalized spacial score (nSPS) is 15.2. The number of nitrogens with one attached hydrogen (secondary N) is 2. The second kappa shape index (κ2) is 12.9. The van der Waals surface area contributed by atoms with E-state index in [0.717, 1.165) is 22.4 Å². The minimum Gasteiger partial charge on any atom is -0.469 e. The lowest BCUT2D eigenvalue weighted by molar-refractivity contribution is -0.141. The number of amides is 3. The summed E-state index contributed by atoms with van der Waals surface area (Å²) in [5, 5.41) is 5.44. The first-order valence-electron chi connectivity index (χ1n) is 14.3. The smallest absolute Gasteiger partial charge is 0.319 e. The monoisotopic (exact) mass is 618 g/mol. The van der Waals surface area contributed by atoms with Crippen molar-refractivity contribution in [2.75, 3.05) is 45.2 Å². The van der Waals surface area contributed by atoms with Crippen LogP contribution < -0.4 is 15.4 Å². The van der Waals surface area contributed by atoms with Gasteiger partial charge in [0.2, 0.25) is 0 Å². The molecule has 0 bridgehead atoms. The molecule has 6 rings (SSSR count). The number of hydrogen-bond donors (Lipinski definition) is 2. The van der Waals surface area contributed by atoms with Gasteiger partial charge in [0.05, 0.1) is 39.9 Å². The number of benzene rings is 1. The molecule has 44 heavy (non-hydrogen) atoms. The Hall–Kier alpha value is -4.62. The average molecular weight is 619 g/mol. The molecule has 1 aromatic carbocycles. The molecule has 1 saturated carbocycles. The van der Waals surface area contributed by atoms with Gasteiger partial charge in [0.15, 0.2) is 11.6 Å². The number of aromatic nitrogens is 2. The molecule has 228 valence electrons. The van der Waals surface area contributed by atoms with Crippen molar-refractivity contribution in [3.63, 3.8) is 0 Å². The predicted molar refractivity (Wildman–Crippen MR) is 163 cm³/mol. The summed E-state index contributed by atoms with van der Waals surface area (Å²) in [4.78, 5) is 50.2. The number of rotatable bonds is 9. The van der Waals surface area contributed by atoms with Crippen molar-refractivity contribution >= 4 is 45.1 Å². The molecule has 0 spiro atoms. The molecule has 11 nitrogen and oxygen atoms in total. The fourth-order valence-corrected chi connectivity index (χ4v) is 5.90. The van der Waals surface area contributed by atoms with Crippen molar-refractivity contribution in [3.05, 3.63) is 66.2 Å². The van der Waals surface area contributed by atoms with Crippen LogP contribution in [-0.2, 0) is 9.53 Å². The maximum absolute atomic E-state index is 14.9. The van der Waals surface area contributed by atoms with Crippen LogP contribution in [0.1, 0.15) is 29.6 Å². The average Bonchev–Trinajstić information content (AvgIpc) is 3.74. The highest BCUT2D eigenvalue weighted by molar-refractivity contribution is 7.22. The second-order valence-electron chi connectivity index (χ2n) is 10.6. The highest BCUT2D eigenvalue weighted by Crippen LogP contribution is 2.39. The molecule has 2 N–H and O–H groups in total. The first-order valence-corrected chi connectivity index (χ1v) is 15.2. The second-order valence-corrected chi connectivity index (χ2v) is 11.7. The number of urea groups is 1. The van der Waals surface area contributed by atoms with E-state index < -0.39 is 5.82 Å². The lowest BCUT2D eigenvalue weighted by Gasteiger charge is -2.34. The highest BCUT2D eigenvalue weighted by Gasteiger charge is 2.24. The number of ether oxygens (including phenoxy) is 2. The Labute approximate surface area is 257 Å². The van der Waals surface area contributed by atoms with Crippen LogP contribution in [0.3, 0.4) is 0 Å². The summed E-state index contributed by atoms with van der Waals surface area (Å²) in [5.41, 5.74) is 2.18. The molecule has 4 aromatic rings. The van der Waals surface area contributed by atoms with Crippen LogP contribution in [0.5, 0.6) is 11.5 Å². The van der Waals surface area contributed by atoms with E-state index in [1.54, 1.807) is 41.6 Å². The van der Waals surface area contributed by atoms with E-state index in [1.165, 1.54) is 30.6 Å². The molecule has 0 atom stereocenters. The molecule has 13 heteroatoms. The lowest BCUT2D eigenvalue weighted by Crippen LogP contribution is -2.49. The van der Waals surface area contributed by atoms with E-state index in [4.69, 9.17) is 9.47 Å². The molecule has 1 aliphatic carbocycles. The topological polar surface area (TPSA) is 126 Å². The number of nitrogens with zero attached hydrogens (tertiary/aromatic N) is 4. The van der Waals surface area contributed by atoms with Gasteiger partial charge in [-0.2, -0.15) is 0 Å². The summed E-state index contributed by atoms with van der Waals surface area (Å²) in [6.07, 6.45) is 5.42. The van der Waals surface area contributed by atoms with Gasteiger partial charge in [0.25, 0.3) is 5.91 Å². The molecule has 1 saturated heterocycles. The van der Waals surface area contributed by atoms with Crippen LogP contribution in [-0.4, -0.2) is 83.6 Å². The number of halogens is 1. The maximum atomic E-state index is 14.9. The highest BCUT2D eigenvalue weighted by atomic mass is 32.1. The van der Waals surface area contributed by atoms with Crippen LogP contribution in [0.2, 0.25) is 0 Å². The third-order valence-corrected chi connectivity index (χ3v) is 8.64. The Bertz CT molecular complexity index is 1680. The number of esters is 1. The fraction of sp³-hybridized carbons (Fsp3) is 0.323. The van der Waals surface area contributed by atoms with Crippen molar-refractivity contribution in [2.24, 2.45) is 0 Å². The number of anilines is 1. The zero-order chi connectivity index (χ0) is 30.6. The van der Waals surface area contributed by atoms with Crippen molar-refractivity contribution in [2.45, 2.75) is 25.3 Å². The summed E-state index contributed by atoms with van der Waals surface area (Å²) in [7, 11) is 1.38. The van der Waals surface area contributed by atoms with Gasteiger partial charge in [0.1, 0.15) is 5.75 Å². The third kappa shape index (κ3) is 6.95. The molecule has 2 fully saturated rings. The fourth-order valence-electron chi connectivity index (χ4n) is 4.86. The minimum absolute atomic E-state index is 0.0193. The summed E-state index contributed by atoms with van der Waals surface area (Å²) in [6.45, 7) is 3.14. The van der Waals surface area contributed by atoms with Crippen molar-refractivity contribution in [1.29, 1.82) is 0 Å². The van der Waals surface area contributed by atoms with Crippen LogP contribution >= 0.6 is 11.3 Å². The Morgan fingerprint density at radius 1 is 1.02 bits per heavy atom. The summed E-state index contributed by atoms with van der Waals surface area (Å²) in [6, 6.07) is 11.2. The number of piperazine rings is 1. The Morgan fingerprint density at radius 3 is 2.55 bits per heavy atom. The van der Waals surface area contributed by atoms with Crippen LogP contribution in [0, 0.1) is 5.82 Å². The van der Waals surface area contributed by atoms with E-state index in [2.05, 4.69) is 25.5 Å². The van der Waals surface area contributed by atoms with Gasteiger partial charge >= 0.3 is 12.0 Å². The number of carbonyl (C=O) groups excluding carboxylic acids is 3. The number of methoxy groups -OCH3 is 1. The van der Waals surface area contributed by atoms with E-state index in [-0.39, 0.29) is 29.7 Å². The number of pyridine rings is 2. The van der Waals surface area contributed by atoms with Crippen molar-refractivity contribution in [3.8, 4) is 22.1 Å². The first kappa shape index (κ1) is 29.5. The first-order chi connectivity index (χ1) is 21.4. The number of hydrogen-bond acceptors (Lipinski definition) is 9. The molecular formula is C31H31FN6O5S. The van der Waals surface area contributed by atoms with Gasteiger partial charge in [-0.15, -0.1) is 11.3 Å². The lowest BCUT2D eigenvalue weighted by atomic mass is 10.2. The molecule has 0 unspecified atom stereocenters. The quantitative estimate of drug-likeness (QED) is 0.254. The number of fused-ring (bicyclic) bond motifs is 1. The van der Waals surface area contributed by atoms with Gasteiger partial charge in [0, 0.05) is 69.0 Å². The van der Waals surface area contributed by atoms with E-state index in [1.807, 2.05) is 6.07 Å².